The zero-order chi connectivity index (χ0) is 21.9. The van der Waals surface area contributed by atoms with Crippen molar-refractivity contribution in [3.05, 3.63) is 54.0 Å². The Kier molecular flexibility index (Phi) is 9.39. The van der Waals surface area contributed by atoms with Gasteiger partial charge in [0.2, 0.25) is 0 Å². The highest BCUT2D eigenvalue weighted by atomic mass is 16.1. The van der Waals surface area contributed by atoms with Crippen molar-refractivity contribution in [3.8, 4) is 0 Å². The average Bonchev–Trinajstić information content (AvgIpc) is 2.73. The van der Waals surface area contributed by atoms with Gasteiger partial charge >= 0.3 is 0 Å². The summed E-state index contributed by atoms with van der Waals surface area (Å²) in [6.07, 6.45) is 15.9. The normalized spacial score (nSPS) is 17.7. The van der Waals surface area contributed by atoms with E-state index >= 15 is 0 Å². The summed E-state index contributed by atoms with van der Waals surface area (Å²) in [5.74, 6) is 0.295. The summed E-state index contributed by atoms with van der Waals surface area (Å²) in [5.41, 5.74) is 4.59. The van der Waals surface area contributed by atoms with E-state index in [4.69, 9.17) is 0 Å². The predicted molar refractivity (Wildman–Crippen MR) is 128 cm³/mol. The second-order valence-corrected chi connectivity index (χ2v) is 7.79. The fourth-order valence-electron chi connectivity index (χ4n) is 3.46. The van der Waals surface area contributed by atoms with Crippen LogP contribution in [-0.4, -0.2) is 29.4 Å². The quantitative estimate of drug-likeness (QED) is 0.295. The lowest BCUT2D eigenvalue weighted by atomic mass is 9.90. The van der Waals surface area contributed by atoms with Crippen LogP contribution in [0.25, 0.3) is 11.3 Å². The molecule has 1 aromatic heterocycles. The van der Waals surface area contributed by atoms with Gasteiger partial charge in [-0.3, -0.25) is 19.8 Å². The monoisotopic (exact) mass is 406 g/mol. The third kappa shape index (κ3) is 7.21. The maximum absolute atomic E-state index is 11.9. The van der Waals surface area contributed by atoms with Gasteiger partial charge in [0, 0.05) is 47.4 Å². The van der Waals surface area contributed by atoms with Gasteiger partial charge < -0.3 is 5.32 Å². The average molecular weight is 407 g/mol. The standard InChI is InChI=1S/C25H34N4O/c1-6-8-22(7-2)28-17-29-25(14-20(5)30)23-11-12-26-16-24(23)18(3)13-21-10-9-19(4)27-15-21/h9,11-12,14-17,21-22H,3,6-8,10,13H2,1-2,4-5H3,(H,28,29)/b25-14-. The van der Waals surface area contributed by atoms with Gasteiger partial charge in [-0.2, -0.15) is 0 Å². The molecule has 2 rings (SSSR count). The van der Waals surface area contributed by atoms with Crippen molar-refractivity contribution in [1.29, 1.82) is 0 Å². The topological polar surface area (TPSA) is 66.7 Å². The molecule has 2 heterocycles. The minimum absolute atomic E-state index is 0.0279. The molecule has 0 radical (unpaired) electrons. The number of nitrogens with one attached hydrogen (secondary N) is 1. The zero-order valence-corrected chi connectivity index (χ0v) is 18.7. The highest BCUT2D eigenvalue weighted by Crippen LogP contribution is 2.29. The Morgan fingerprint density at radius 3 is 2.83 bits per heavy atom. The van der Waals surface area contributed by atoms with E-state index < -0.39 is 0 Å². The highest BCUT2D eigenvalue weighted by Gasteiger charge is 2.16. The van der Waals surface area contributed by atoms with Crippen LogP contribution in [0, 0.1) is 5.92 Å². The number of ketones is 1. The molecule has 2 unspecified atom stereocenters. The first-order valence-corrected chi connectivity index (χ1v) is 10.8. The van der Waals surface area contributed by atoms with E-state index in [9.17, 15) is 4.79 Å². The molecular weight excluding hydrogens is 372 g/mol. The van der Waals surface area contributed by atoms with Gasteiger partial charge in [-0.1, -0.05) is 32.9 Å². The van der Waals surface area contributed by atoms with Gasteiger partial charge in [0.1, 0.15) is 0 Å². The molecule has 160 valence electrons. The van der Waals surface area contributed by atoms with Crippen LogP contribution in [0.3, 0.4) is 0 Å². The van der Waals surface area contributed by atoms with Gasteiger partial charge in [0.15, 0.2) is 5.78 Å². The molecule has 0 saturated heterocycles. The molecule has 0 saturated carbocycles. The minimum atomic E-state index is -0.0279. The van der Waals surface area contributed by atoms with E-state index in [1.165, 1.54) is 0 Å². The largest absolute Gasteiger partial charge is 0.346 e. The van der Waals surface area contributed by atoms with Crippen molar-refractivity contribution in [3.63, 3.8) is 0 Å². The van der Waals surface area contributed by atoms with Crippen molar-refractivity contribution in [2.24, 2.45) is 15.9 Å². The molecule has 0 amide bonds. The maximum atomic E-state index is 11.9. The van der Waals surface area contributed by atoms with Crippen LogP contribution in [0.1, 0.15) is 70.9 Å². The molecule has 5 heteroatoms. The Labute approximate surface area is 180 Å². The number of carbonyl (C=O) groups is 1. The molecule has 30 heavy (non-hydrogen) atoms. The predicted octanol–water partition coefficient (Wildman–Crippen LogP) is 5.61. The van der Waals surface area contributed by atoms with Crippen LogP contribution in [0.5, 0.6) is 0 Å². The van der Waals surface area contributed by atoms with Crippen molar-refractivity contribution in [2.75, 3.05) is 0 Å². The molecule has 0 spiro atoms. The number of carbonyl (C=O) groups excluding carboxylic acids is 1. The number of hydrogen-bond donors (Lipinski definition) is 1. The summed E-state index contributed by atoms with van der Waals surface area (Å²) < 4.78 is 0. The maximum Gasteiger partial charge on any atom is 0.154 e. The first-order valence-electron chi connectivity index (χ1n) is 10.8. The van der Waals surface area contributed by atoms with Crippen molar-refractivity contribution >= 4 is 29.6 Å². The van der Waals surface area contributed by atoms with Gasteiger partial charge in [0.05, 0.1) is 18.1 Å². The number of allylic oxidation sites excluding steroid dienone is 4. The number of nitrogens with zero attached hydrogens (tertiary/aromatic N) is 3. The summed E-state index contributed by atoms with van der Waals surface area (Å²) in [6.45, 7) is 12.2. The zero-order valence-electron chi connectivity index (χ0n) is 18.7. The van der Waals surface area contributed by atoms with Crippen LogP contribution in [0.15, 0.2) is 52.9 Å². The number of pyridine rings is 1. The first kappa shape index (κ1) is 23.5. The smallest absolute Gasteiger partial charge is 0.154 e. The highest BCUT2D eigenvalue weighted by molar-refractivity contribution is 5.97. The van der Waals surface area contributed by atoms with E-state index in [1.807, 2.05) is 25.4 Å². The van der Waals surface area contributed by atoms with E-state index in [-0.39, 0.29) is 11.8 Å². The van der Waals surface area contributed by atoms with E-state index in [2.05, 4.69) is 46.8 Å². The summed E-state index contributed by atoms with van der Waals surface area (Å²) >= 11 is 0. The first-order chi connectivity index (χ1) is 14.4. The molecule has 0 aromatic carbocycles. The molecule has 1 aliphatic rings. The number of aliphatic imine (C=N–C) groups is 2. The van der Waals surface area contributed by atoms with Crippen molar-refractivity contribution < 1.29 is 4.79 Å². The number of aromatic nitrogens is 1. The summed E-state index contributed by atoms with van der Waals surface area (Å²) in [4.78, 5) is 25.2. The fourth-order valence-corrected chi connectivity index (χ4v) is 3.46. The van der Waals surface area contributed by atoms with Crippen molar-refractivity contribution in [2.45, 2.75) is 65.8 Å². The molecular formula is C25H34N4O. The Hall–Kier alpha value is -2.82. The van der Waals surface area contributed by atoms with Crippen LogP contribution in [-0.2, 0) is 4.79 Å². The Bertz CT molecular complexity index is 864. The molecule has 1 N–H and O–H groups in total. The third-order valence-electron chi connectivity index (χ3n) is 5.15. The minimum Gasteiger partial charge on any atom is -0.346 e. The van der Waals surface area contributed by atoms with Gasteiger partial charge in [-0.05, 0) is 51.2 Å². The lowest BCUT2D eigenvalue weighted by molar-refractivity contribution is -0.112. The third-order valence-corrected chi connectivity index (χ3v) is 5.15. The summed E-state index contributed by atoms with van der Waals surface area (Å²) in [7, 11) is 0. The van der Waals surface area contributed by atoms with E-state index in [0.717, 1.165) is 54.5 Å². The summed E-state index contributed by atoms with van der Waals surface area (Å²) in [6, 6.07) is 2.20. The van der Waals surface area contributed by atoms with Gasteiger partial charge in [-0.15, -0.1) is 0 Å². The summed E-state index contributed by atoms with van der Waals surface area (Å²) in [5, 5.41) is 3.24. The van der Waals surface area contributed by atoms with Gasteiger partial charge in [0.25, 0.3) is 0 Å². The molecule has 2 atom stereocenters. The Morgan fingerprint density at radius 1 is 1.40 bits per heavy atom. The SMILES string of the molecule is C=C(CC1C=NC(C)=CC1)c1cnccc1/C(=C/C(C)=O)NC=NC(CC)CCC. The second-order valence-electron chi connectivity index (χ2n) is 7.79. The van der Waals surface area contributed by atoms with Crippen LogP contribution >= 0.6 is 0 Å². The molecule has 1 aromatic rings. The van der Waals surface area contributed by atoms with Crippen molar-refractivity contribution in [1.82, 2.24) is 10.3 Å². The lowest BCUT2D eigenvalue weighted by Crippen LogP contribution is -2.15. The molecule has 0 bridgehead atoms. The molecule has 0 aliphatic carbocycles. The second kappa shape index (κ2) is 12.0. The number of rotatable bonds is 11. The molecule has 5 nitrogen and oxygen atoms in total. The van der Waals surface area contributed by atoms with Crippen LogP contribution < -0.4 is 5.32 Å². The van der Waals surface area contributed by atoms with Crippen LogP contribution in [0.2, 0.25) is 0 Å². The van der Waals surface area contributed by atoms with E-state index in [1.54, 1.807) is 25.5 Å². The lowest BCUT2D eigenvalue weighted by Gasteiger charge is -2.18. The number of hydrogen-bond acceptors (Lipinski definition) is 4. The Balaban J connectivity index is 2.23. The molecule has 1 aliphatic heterocycles. The fraction of sp³-hybridized carbons (Fsp3) is 0.440. The van der Waals surface area contributed by atoms with Gasteiger partial charge in [-0.25, -0.2) is 0 Å². The van der Waals surface area contributed by atoms with E-state index in [0.29, 0.717) is 11.6 Å². The molecule has 0 fully saturated rings. The Morgan fingerprint density at radius 2 is 2.20 bits per heavy atom. The van der Waals surface area contributed by atoms with Crippen LogP contribution in [0.4, 0.5) is 0 Å².